The molecule has 1 aromatic rings. The average Bonchev–Trinajstić information content (AvgIpc) is 2.63. The minimum absolute atomic E-state index is 0.330. The Morgan fingerprint density at radius 2 is 1.88 bits per heavy atom. The van der Waals surface area contributed by atoms with Crippen LogP contribution < -0.4 is 0 Å². The molecule has 3 rings (SSSR count). The van der Waals surface area contributed by atoms with Crippen LogP contribution in [0, 0.1) is 5.92 Å². The Balaban J connectivity index is 1.54. The van der Waals surface area contributed by atoms with E-state index in [1.165, 1.54) is 31.2 Å². The largest absolute Gasteiger partial charge is 0.342 e. The summed E-state index contributed by atoms with van der Waals surface area (Å²) >= 11 is 7.87. The van der Waals surface area contributed by atoms with E-state index in [0.717, 1.165) is 37.0 Å². The van der Waals surface area contributed by atoms with Gasteiger partial charge in [-0.05, 0) is 74.6 Å². The maximum Gasteiger partial charge on any atom is 0.232 e. The summed E-state index contributed by atoms with van der Waals surface area (Å²) in [5.41, 5.74) is 1.39. The van der Waals surface area contributed by atoms with E-state index in [9.17, 15) is 4.79 Å². The number of likely N-dealkylation sites (tertiary alicyclic amines) is 2. The predicted octanol–water partition coefficient (Wildman–Crippen LogP) is 4.12. The first-order valence-corrected chi connectivity index (χ1v) is 11.0. The highest BCUT2D eigenvalue weighted by Gasteiger charge is 2.29. The molecule has 0 aromatic heterocycles. The number of halogens is 1. The van der Waals surface area contributed by atoms with Crippen LogP contribution in [0.4, 0.5) is 0 Å². The van der Waals surface area contributed by atoms with Crippen molar-refractivity contribution in [3.8, 4) is 0 Å². The summed E-state index contributed by atoms with van der Waals surface area (Å²) in [6.45, 7) is 4.16. The molecule has 0 aliphatic carbocycles. The molecule has 0 radical (unpaired) electrons. The van der Waals surface area contributed by atoms with Crippen molar-refractivity contribution in [2.75, 3.05) is 44.7 Å². The molecular formula is C20H29ClN2OS. The number of amides is 1. The molecule has 1 amide bonds. The van der Waals surface area contributed by atoms with Crippen LogP contribution in [0.25, 0.3) is 0 Å². The van der Waals surface area contributed by atoms with E-state index in [-0.39, 0.29) is 0 Å². The minimum Gasteiger partial charge on any atom is -0.342 e. The Bertz CT molecular complexity index is 559. The highest BCUT2D eigenvalue weighted by atomic mass is 35.5. The van der Waals surface area contributed by atoms with Gasteiger partial charge in [0.25, 0.3) is 0 Å². The van der Waals surface area contributed by atoms with Crippen LogP contribution >= 0.6 is 23.4 Å². The Kier molecular flexibility index (Phi) is 7.08. The van der Waals surface area contributed by atoms with Gasteiger partial charge in [0.2, 0.25) is 5.91 Å². The number of carbonyl (C=O) groups excluding carboxylic acids is 1. The lowest BCUT2D eigenvalue weighted by Gasteiger charge is -2.37. The third-order valence-electron chi connectivity index (χ3n) is 5.50. The maximum atomic E-state index is 12.4. The number of piperidine rings is 2. The number of carbonyl (C=O) groups is 1. The van der Waals surface area contributed by atoms with Gasteiger partial charge < -0.3 is 9.80 Å². The number of hydrogen-bond acceptors (Lipinski definition) is 3. The van der Waals surface area contributed by atoms with Crippen LogP contribution in [0.15, 0.2) is 24.3 Å². The van der Waals surface area contributed by atoms with Crippen LogP contribution in [-0.4, -0.2) is 60.4 Å². The Hall–Kier alpha value is -0.710. The van der Waals surface area contributed by atoms with Gasteiger partial charge in [-0.25, -0.2) is 0 Å². The molecule has 138 valence electrons. The van der Waals surface area contributed by atoms with Gasteiger partial charge in [-0.1, -0.05) is 23.7 Å². The third kappa shape index (κ3) is 5.38. The van der Waals surface area contributed by atoms with E-state index in [1.54, 1.807) is 0 Å². The van der Waals surface area contributed by atoms with Crippen LogP contribution in [0.3, 0.4) is 0 Å². The van der Waals surface area contributed by atoms with Crippen LogP contribution in [0.2, 0.25) is 5.02 Å². The molecule has 0 bridgehead atoms. The fraction of sp³-hybridized carbons (Fsp3) is 0.650. The molecular weight excluding hydrogens is 351 g/mol. The van der Waals surface area contributed by atoms with Crippen molar-refractivity contribution in [2.24, 2.45) is 5.92 Å². The van der Waals surface area contributed by atoms with Crippen molar-refractivity contribution in [1.29, 1.82) is 0 Å². The number of hydrogen-bond donors (Lipinski definition) is 0. The van der Waals surface area contributed by atoms with Gasteiger partial charge in [0.1, 0.15) is 0 Å². The first-order valence-electron chi connectivity index (χ1n) is 9.43. The zero-order chi connectivity index (χ0) is 17.6. The van der Waals surface area contributed by atoms with E-state index < -0.39 is 0 Å². The number of thioether (sulfide) groups is 1. The van der Waals surface area contributed by atoms with Crippen molar-refractivity contribution in [3.05, 3.63) is 34.9 Å². The van der Waals surface area contributed by atoms with Crippen LogP contribution in [0.5, 0.6) is 0 Å². The first kappa shape index (κ1) is 19.1. The lowest BCUT2D eigenvalue weighted by molar-refractivity contribution is -0.129. The van der Waals surface area contributed by atoms with E-state index >= 15 is 0 Å². The second-order valence-corrected chi connectivity index (χ2v) is 8.89. The van der Waals surface area contributed by atoms with Crippen molar-refractivity contribution in [2.45, 2.75) is 31.6 Å². The van der Waals surface area contributed by atoms with E-state index in [0.29, 0.717) is 23.5 Å². The van der Waals surface area contributed by atoms with Crippen molar-refractivity contribution in [3.63, 3.8) is 0 Å². The fourth-order valence-corrected chi connectivity index (χ4v) is 5.31. The summed E-state index contributed by atoms with van der Waals surface area (Å²) in [6, 6.07) is 8.35. The Morgan fingerprint density at radius 1 is 1.16 bits per heavy atom. The molecule has 5 heteroatoms. The molecule has 25 heavy (non-hydrogen) atoms. The lowest BCUT2D eigenvalue weighted by atomic mass is 9.81. The molecule has 2 fully saturated rings. The highest BCUT2D eigenvalue weighted by Crippen LogP contribution is 2.35. The monoisotopic (exact) mass is 379 g/mol. The van der Waals surface area contributed by atoms with Crippen molar-refractivity contribution >= 4 is 29.3 Å². The van der Waals surface area contributed by atoms with Gasteiger partial charge in [0.05, 0.1) is 5.75 Å². The summed E-state index contributed by atoms with van der Waals surface area (Å²) in [5.74, 6) is 3.19. The van der Waals surface area contributed by atoms with Crippen LogP contribution in [-0.2, 0) is 4.79 Å². The minimum atomic E-state index is 0.330. The van der Waals surface area contributed by atoms with Crippen LogP contribution in [0.1, 0.15) is 37.2 Å². The molecule has 0 unspecified atom stereocenters. The van der Waals surface area contributed by atoms with Gasteiger partial charge in [0, 0.05) is 24.7 Å². The van der Waals surface area contributed by atoms with E-state index in [2.05, 4.69) is 29.0 Å². The molecule has 2 saturated heterocycles. The molecule has 2 heterocycles. The van der Waals surface area contributed by atoms with Gasteiger partial charge in [0.15, 0.2) is 0 Å². The normalized spacial score (nSPS) is 25.1. The van der Waals surface area contributed by atoms with Gasteiger partial charge in [-0.2, -0.15) is 11.8 Å². The zero-order valence-electron chi connectivity index (χ0n) is 15.1. The molecule has 0 N–H and O–H groups in total. The van der Waals surface area contributed by atoms with E-state index in [1.807, 2.05) is 23.9 Å². The molecule has 1 aromatic carbocycles. The molecule has 0 saturated carbocycles. The third-order valence-corrected chi connectivity index (χ3v) is 6.87. The summed E-state index contributed by atoms with van der Waals surface area (Å²) in [4.78, 5) is 16.8. The smallest absolute Gasteiger partial charge is 0.232 e. The summed E-state index contributed by atoms with van der Waals surface area (Å²) in [6.07, 6.45) is 4.79. The van der Waals surface area contributed by atoms with Gasteiger partial charge in [-0.15, -0.1) is 0 Å². The summed E-state index contributed by atoms with van der Waals surface area (Å²) in [5, 5.41) is 0.801. The van der Waals surface area contributed by atoms with Gasteiger partial charge in [-0.3, -0.25) is 4.79 Å². The van der Waals surface area contributed by atoms with Crippen molar-refractivity contribution < 1.29 is 4.79 Å². The molecule has 0 spiro atoms. The Morgan fingerprint density at radius 3 is 2.60 bits per heavy atom. The molecule has 2 aliphatic heterocycles. The zero-order valence-corrected chi connectivity index (χ0v) is 16.7. The average molecular weight is 380 g/mol. The first-order chi connectivity index (χ1) is 12.1. The highest BCUT2D eigenvalue weighted by molar-refractivity contribution is 7.99. The Labute approximate surface area is 161 Å². The second-order valence-electron chi connectivity index (χ2n) is 7.43. The molecule has 2 atom stereocenters. The number of rotatable bonds is 5. The quantitative estimate of drug-likeness (QED) is 0.768. The summed E-state index contributed by atoms with van der Waals surface area (Å²) in [7, 11) is 2.20. The fourth-order valence-electron chi connectivity index (χ4n) is 4.06. The molecule has 2 aliphatic rings. The second kappa shape index (κ2) is 9.29. The van der Waals surface area contributed by atoms with Gasteiger partial charge >= 0.3 is 0 Å². The summed E-state index contributed by atoms with van der Waals surface area (Å²) < 4.78 is 0. The number of benzene rings is 1. The van der Waals surface area contributed by atoms with Crippen molar-refractivity contribution in [1.82, 2.24) is 9.80 Å². The topological polar surface area (TPSA) is 23.6 Å². The maximum absolute atomic E-state index is 12.4. The predicted molar refractivity (Wildman–Crippen MR) is 108 cm³/mol. The SMILES string of the molecule is [11CH3]N1CC[C@H](c2ccc(Cl)cc2)[C@@H](CSCC(=O)N2CCCCC2)C1. The lowest BCUT2D eigenvalue weighted by Crippen LogP contribution is -2.39. The van der Waals surface area contributed by atoms with E-state index in [4.69, 9.17) is 11.6 Å². The standard InChI is InChI=1S/C20H29ClN2OS/c1-22-12-9-19(16-5-7-18(21)8-6-16)17(13-22)14-25-15-20(24)23-10-3-2-4-11-23/h5-8,17,19H,2-4,9-15H2,1H3/t17-,19-/m1/s1/i1-1. The number of nitrogens with zero attached hydrogens (tertiary/aromatic N) is 2. The molecule has 3 nitrogen and oxygen atoms in total.